The normalized spacial score (nSPS) is 15.0. The number of unbranched alkanes of at least 4 members (excludes halogenated alkanes) is 5. The van der Waals surface area contributed by atoms with E-state index in [9.17, 15) is 0 Å². The minimum atomic E-state index is -0.194. The summed E-state index contributed by atoms with van der Waals surface area (Å²) in [5.74, 6) is 0. The molecule has 0 aliphatic heterocycles. The molecule has 0 aliphatic carbocycles. The Labute approximate surface area is 101 Å². The number of hydrogen-bond acceptors (Lipinski definition) is 2. The quantitative estimate of drug-likeness (QED) is 0.545. The third-order valence-electron chi connectivity index (χ3n) is 2.89. The third-order valence-corrected chi connectivity index (χ3v) is 2.89. The van der Waals surface area contributed by atoms with Crippen LogP contribution < -0.4 is 0 Å². The molecule has 0 amide bonds. The molecule has 1 N–H and O–H groups in total. The number of aliphatic hydroxyl groups is 1. The predicted octanol–water partition coefficient (Wildman–Crippen LogP) is 3.91. The lowest BCUT2D eigenvalue weighted by molar-refractivity contribution is 0.0461. The van der Waals surface area contributed by atoms with Gasteiger partial charge in [-0.3, -0.25) is 0 Å². The Morgan fingerprint density at radius 3 is 2.19 bits per heavy atom. The van der Waals surface area contributed by atoms with Gasteiger partial charge < -0.3 is 9.84 Å². The summed E-state index contributed by atoms with van der Waals surface area (Å²) < 4.78 is 5.69. The molecule has 0 fully saturated rings. The Morgan fingerprint density at radius 2 is 1.56 bits per heavy atom. The second kappa shape index (κ2) is 11.4. The van der Waals surface area contributed by atoms with Gasteiger partial charge in [0.05, 0.1) is 12.2 Å². The number of hydrogen-bond donors (Lipinski definition) is 1. The van der Waals surface area contributed by atoms with Gasteiger partial charge in [-0.25, -0.2) is 0 Å². The van der Waals surface area contributed by atoms with E-state index in [1.54, 1.807) is 0 Å². The maximum Gasteiger partial charge on any atom is 0.0547 e. The van der Waals surface area contributed by atoms with Crippen LogP contribution in [0.25, 0.3) is 0 Å². The van der Waals surface area contributed by atoms with E-state index in [0.29, 0.717) is 6.10 Å². The van der Waals surface area contributed by atoms with Crippen LogP contribution in [0.5, 0.6) is 0 Å². The van der Waals surface area contributed by atoms with Crippen molar-refractivity contribution in [3.8, 4) is 0 Å². The molecule has 2 atom stereocenters. The van der Waals surface area contributed by atoms with E-state index in [4.69, 9.17) is 9.84 Å². The second-order valence-corrected chi connectivity index (χ2v) is 4.88. The van der Waals surface area contributed by atoms with Crippen molar-refractivity contribution in [2.24, 2.45) is 0 Å². The molecule has 16 heavy (non-hydrogen) atoms. The minimum Gasteiger partial charge on any atom is -0.393 e. The van der Waals surface area contributed by atoms with Gasteiger partial charge in [-0.2, -0.15) is 0 Å². The van der Waals surface area contributed by atoms with Crippen LogP contribution in [0, 0.1) is 0 Å². The van der Waals surface area contributed by atoms with E-state index < -0.39 is 0 Å². The Bertz CT molecular complexity index is 135. The molecule has 0 saturated carbocycles. The summed E-state index contributed by atoms with van der Waals surface area (Å²) in [4.78, 5) is 0. The fourth-order valence-corrected chi connectivity index (χ4v) is 1.73. The zero-order valence-electron chi connectivity index (χ0n) is 11.4. The molecule has 0 saturated heterocycles. The SMILES string of the molecule is CCCCCCCCO[C@@H](C)CC[C@H](C)O. The lowest BCUT2D eigenvalue weighted by Gasteiger charge is -2.13. The molecule has 98 valence electrons. The van der Waals surface area contributed by atoms with Gasteiger partial charge in [0.2, 0.25) is 0 Å². The van der Waals surface area contributed by atoms with E-state index >= 15 is 0 Å². The Hall–Kier alpha value is -0.0800. The first kappa shape index (κ1) is 15.9. The third kappa shape index (κ3) is 12.0. The molecule has 0 aromatic heterocycles. The van der Waals surface area contributed by atoms with E-state index in [-0.39, 0.29) is 6.10 Å². The number of aliphatic hydroxyl groups excluding tert-OH is 1. The number of ether oxygens (including phenoxy) is 1. The van der Waals surface area contributed by atoms with Gasteiger partial charge >= 0.3 is 0 Å². The maximum absolute atomic E-state index is 9.14. The van der Waals surface area contributed by atoms with E-state index in [2.05, 4.69) is 13.8 Å². The number of rotatable bonds is 11. The molecule has 0 heterocycles. The molecule has 0 aliphatic rings. The van der Waals surface area contributed by atoms with Crippen LogP contribution in [0.2, 0.25) is 0 Å². The van der Waals surface area contributed by atoms with Crippen molar-refractivity contribution in [3.63, 3.8) is 0 Å². The van der Waals surface area contributed by atoms with Gasteiger partial charge in [0.1, 0.15) is 0 Å². The molecule has 0 aromatic rings. The summed E-state index contributed by atoms with van der Waals surface area (Å²) >= 11 is 0. The van der Waals surface area contributed by atoms with Crippen LogP contribution in [0.1, 0.15) is 72.1 Å². The van der Waals surface area contributed by atoms with Gasteiger partial charge in [-0.05, 0) is 33.1 Å². The van der Waals surface area contributed by atoms with Crippen molar-refractivity contribution in [3.05, 3.63) is 0 Å². The molecule has 2 nitrogen and oxygen atoms in total. The summed E-state index contributed by atoms with van der Waals surface area (Å²) in [6.07, 6.45) is 9.79. The molecule has 2 heteroatoms. The van der Waals surface area contributed by atoms with Crippen molar-refractivity contribution in [1.29, 1.82) is 0 Å². The lowest BCUT2D eigenvalue weighted by Crippen LogP contribution is -2.12. The van der Waals surface area contributed by atoms with Gasteiger partial charge in [-0.15, -0.1) is 0 Å². The van der Waals surface area contributed by atoms with Gasteiger partial charge in [0.15, 0.2) is 0 Å². The topological polar surface area (TPSA) is 29.5 Å². The molecule has 0 unspecified atom stereocenters. The van der Waals surface area contributed by atoms with Gasteiger partial charge in [-0.1, -0.05) is 39.0 Å². The first-order valence-corrected chi connectivity index (χ1v) is 6.96. The Morgan fingerprint density at radius 1 is 0.938 bits per heavy atom. The zero-order valence-corrected chi connectivity index (χ0v) is 11.4. The largest absolute Gasteiger partial charge is 0.393 e. The van der Waals surface area contributed by atoms with Crippen LogP contribution in [0.15, 0.2) is 0 Å². The van der Waals surface area contributed by atoms with Crippen LogP contribution >= 0.6 is 0 Å². The van der Waals surface area contributed by atoms with Crippen LogP contribution in [-0.4, -0.2) is 23.9 Å². The standard InChI is InChI=1S/C14H30O2/c1-4-5-6-7-8-9-12-16-14(3)11-10-13(2)15/h13-15H,4-12H2,1-3H3/t13-,14-/m0/s1. The highest BCUT2D eigenvalue weighted by molar-refractivity contribution is 4.55. The minimum absolute atomic E-state index is 0.194. The predicted molar refractivity (Wildman–Crippen MR) is 69.7 cm³/mol. The van der Waals surface area contributed by atoms with Crippen LogP contribution in [0.3, 0.4) is 0 Å². The van der Waals surface area contributed by atoms with Crippen molar-refractivity contribution in [2.45, 2.75) is 84.3 Å². The monoisotopic (exact) mass is 230 g/mol. The average Bonchev–Trinajstić information content (AvgIpc) is 2.25. The fourth-order valence-electron chi connectivity index (χ4n) is 1.73. The van der Waals surface area contributed by atoms with Crippen molar-refractivity contribution in [1.82, 2.24) is 0 Å². The molecule has 0 radical (unpaired) electrons. The summed E-state index contributed by atoms with van der Waals surface area (Å²) in [7, 11) is 0. The van der Waals surface area contributed by atoms with Crippen LogP contribution in [0.4, 0.5) is 0 Å². The Balaban J connectivity index is 3.12. The smallest absolute Gasteiger partial charge is 0.0547 e. The molecular formula is C14H30O2. The molecular weight excluding hydrogens is 200 g/mol. The summed E-state index contributed by atoms with van der Waals surface area (Å²) in [5, 5.41) is 9.14. The van der Waals surface area contributed by atoms with Crippen molar-refractivity contribution < 1.29 is 9.84 Å². The van der Waals surface area contributed by atoms with E-state index in [1.807, 2.05) is 6.92 Å². The average molecular weight is 230 g/mol. The highest BCUT2D eigenvalue weighted by Crippen LogP contribution is 2.08. The second-order valence-electron chi connectivity index (χ2n) is 4.88. The summed E-state index contributed by atoms with van der Waals surface area (Å²) in [6, 6.07) is 0. The molecule has 0 rings (SSSR count). The van der Waals surface area contributed by atoms with E-state index in [1.165, 1.54) is 38.5 Å². The highest BCUT2D eigenvalue weighted by atomic mass is 16.5. The van der Waals surface area contributed by atoms with Gasteiger partial charge in [0, 0.05) is 6.61 Å². The first-order valence-electron chi connectivity index (χ1n) is 6.96. The maximum atomic E-state index is 9.14. The molecule has 0 aromatic carbocycles. The summed E-state index contributed by atoms with van der Waals surface area (Å²) in [6.45, 7) is 7.06. The van der Waals surface area contributed by atoms with E-state index in [0.717, 1.165) is 19.4 Å². The Kier molecular flexibility index (Phi) is 11.3. The first-order chi connectivity index (χ1) is 7.66. The lowest BCUT2D eigenvalue weighted by atomic mass is 10.1. The van der Waals surface area contributed by atoms with Crippen molar-refractivity contribution >= 4 is 0 Å². The zero-order chi connectivity index (χ0) is 12.2. The van der Waals surface area contributed by atoms with Gasteiger partial charge in [0.25, 0.3) is 0 Å². The highest BCUT2D eigenvalue weighted by Gasteiger charge is 2.04. The molecule has 0 spiro atoms. The summed E-state index contributed by atoms with van der Waals surface area (Å²) in [5.41, 5.74) is 0. The van der Waals surface area contributed by atoms with Crippen LogP contribution in [-0.2, 0) is 4.74 Å². The molecule has 0 bridgehead atoms. The van der Waals surface area contributed by atoms with Crippen molar-refractivity contribution in [2.75, 3.05) is 6.61 Å². The fraction of sp³-hybridized carbons (Fsp3) is 1.00.